The molecule has 96 valence electrons. The Balaban J connectivity index is 1.86. The SMILES string of the molecule is CC1CN(C(=O)CC2CCNC2)CC1C(=O)O. The van der Waals surface area contributed by atoms with Crippen molar-refractivity contribution in [2.24, 2.45) is 17.8 Å². The standard InChI is InChI=1S/C12H20N2O3/c1-8-6-14(7-10(8)12(16)17)11(15)4-9-2-3-13-5-9/h8-10,13H,2-7H2,1H3,(H,16,17). The van der Waals surface area contributed by atoms with Crippen molar-refractivity contribution < 1.29 is 14.7 Å². The molecule has 2 aliphatic rings. The predicted molar refractivity (Wildman–Crippen MR) is 62.5 cm³/mol. The van der Waals surface area contributed by atoms with Gasteiger partial charge in [0.1, 0.15) is 0 Å². The summed E-state index contributed by atoms with van der Waals surface area (Å²) in [5.74, 6) is -0.551. The van der Waals surface area contributed by atoms with Crippen molar-refractivity contribution in [1.82, 2.24) is 10.2 Å². The lowest BCUT2D eigenvalue weighted by Crippen LogP contribution is -2.31. The van der Waals surface area contributed by atoms with Crippen LogP contribution < -0.4 is 5.32 Å². The molecule has 2 aliphatic heterocycles. The van der Waals surface area contributed by atoms with Crippen molar-refractivity contribution in [3.8, 4) is 0 Å². The van der Waals surface area contributed by atoms with Crippen molar-refractivity contribution in [2.75, 3.05) is 26.2 Å². The van der Waals surface area contributed by atoms with Gasteiger partial charge in [-0.3, -0.25) is 9.59 Å². The summed E-state index contributed by atoms with van der Waals surface area (Å²) in [6.07, 6.45) is 1.61. The normalized spacial score (nSPS) is 33.0. The van der Waals surface area contributed by atoms with Gasteiger partial charge in [-0.25, -0.2) is 0 Å². The molecule has 2 fully saturated rings. The quantitative estimate of drug-likeness (QED) is 0.737. The third kappa shape index (κ3) is 2.77. The van der Waals surface area contributed by atoms with Gasteiger partial charge >= 0.3 is 5.97 Å². The zero-order valence-corrected chi connectivity index (χ0v) is 10.2. The van der Waals surface area contributed by atoms with Crippen molar-refractivity contribution in [1.29, 1.82) is 0 Å². The molecule has 0 aromatic rings. The summed E-state index contributed by atoms with van der Waals surface area (Å²) in [5.41, 5.74) is 0. The number of rotatable bonds is 3. The van der Waals surface area contributed by atoms with Gasteiger partial charge in [0, 0.05) is 19.5 Å². The molecule has 3 atom stereocenters. The molecule has 3 unspecified atom stereocenters. The smallest absolute Gasteiger partial charge is 0.308 e. The molecule has 2 heterocycles. The van der Waals surface area contributed by atoms with Crippen molar-refractivity contribution >= 4 is 11.9 Å². The fourth-order valence-corrected chi connectivity index (χ4v) is 2.76. The fourth-order valence-electron chi connectivity index (χ4n) is 2.76. The molecule has 0 saturated carbocycles. The maximum atomic E-state index is 12.0. The van der Waals surface area contributed by atoms with E-state index in [4.69, 9.17) is 5.11 Å². The predicted octanol–water partition coefficient (Wildman–Crippen LogP) is 0.165. The number of nitrogens with one attached hydrogen (secondary N) is 1. The maximum absolute atomic E-state index is 12.0. The molecule has 17 heavy (non-hydrogen) atoms. The maximum Gasteiger partial charge on any atom is 0.308 e. The van der Waals surface area contributed by atoms with E-state index in [1.165, 1.54) is 0 Å². The van der Waals surface area contributed by atoms with Gasteiger partial charge in [0.25, 0.3) is 0 Å². The highest BCUT2D eigenvalue weighted by molar-refractivity contribution is 5.79. The number of likely N-dealkylation sites (tertiary alicyclic amines) is 1. The largest absolute Gasteiger partial charge is 0.481 e. The van der Waals surface area contributed by atoms with Crippen LogP contribution in [-0.4, -0.2) is 48.1 Å². The molecule has 5 heteroatoms. The molecule has 0 spiro atoms. The summed E-state index contributed by atoms with van der Waals surface area (Å²) in [5, 5.41) is 12.3. The van der Waals surface area contributed by atoms with Gasteiger partial charge < -0.3 is 15.3 Å². The van der Waals surface area contributed by atoms with Crippen LogP contribution in [0.5, 0.6) is 0 Å². The van der Waals surface area contributed by atoms with Gasteiger partial charge in [0.2, 0.25) is 5.91 Å². The summed E-state index contributed by atoms with van der Waals surface area (Å²) in [4.78, 5) is 24.7. The van der Waals surface area contributed by atoms with E-state index in [9.17, 15) is 9.59 Å². The number of carbonyl (C=O) groups is 2. The number of hydrogen-bond acceptors (Lipinski definition) is 3. The molecule has 0 bridgehead atoms. The summed E-state index contributed by atoms with van der Waals surface area (Å²) < 4.78 is 0. The summed E-state index contributed by atoms with van der Waals surface area (Å²) >= 11 is 0. The Bertz CT molecular complexity index is 313. The average molecular weight is 240 g/mol. The summed E-state index contributed by atoms with van der Waals surface area (Å²) in [7, 11) is 0. The van der Waals surface area contributed by atoms with Gasteiger partial charge in [0.05, 0.1) is 5.92 Å². The molecule has 5 nitrogen and oxygen atoms in total. The minimum atomic E-state index is -0.782. The zero-order valence-electron chi connectivity index (χ0n) is 10.2. The molecule has 1 amide bonds. The Labute approximate surface area is 101 Å². The lowest BCUT2D eigenvalue weighted by Gasteiger charge is -2.18. The number of hydrogen-bond donors (Lipinski definition) is 2. The molecular formula is C12H20N2O3. The number of carbonyl (C=O) groups excluding carboxylic acids is 1. The molecular weight excluding hydrogens is 220 g/mol. The third-order valence-corrected chi connectivity index (χ3v) is 3.91. The molecule has 2 N–H and O–H groups in total. The number of nitrogens with zero attached hydrogens (tertiary/aromatic N) is 1. The lowest BCUT2D eigenvalue weighted by atomic mass is 9.99. The minimum Gasteiger partial charge on any atom is -0.481 e. The molecule has 0 aromatic carbocycles. The van der Waals surface area contributed by atoms with Crippen LogP contribution in [0.25, 0.3) is 0 Å². The molecule has 0 radical (unpaired) electrons. The van der Waals surface area contributed by atoms with Crippen LogP contribution in [0, 0.1) is 17.8 Å². The van der Waals surface area contributed by atoms with E-state index < -0.39 is 5.97 Å². The van der Waals surface area contributed by atoms with E-state index >= 15 is 0 Å². The first-order valence-electron chi connectivity index (χ1n) is 6.29. The number of amides is 1. The van der Waals surface area contributed by atoms with E-state index in [-0.39, 0.29) is 17.7 Å². The highest BCUT2D eigenvalue weighted by Crippen LogP contribution is 2.25. The average Bonchev–Trinajstić information content (AvgIpc) is 2.86. The van der Waals surface area contributed by atoms with Crippen LogP contribution in [0.3, 0.4) is 0 Å². The van der Waals surface area contributed by atoms with Crippen molar-refractivity contribution in [2.45, 2.75) is 19.8 Å². The van der Waals surface area contributed by atoms with Crippen LogP contribution in [0.15, 0.2) is 0 Å². The molecule has 0 aromatic heterocycles. The lowest BCUT2D eigenvalue weighted by molar-refractivity contribution is -0.142. The number of aliphatic carboxylic acids is 1. The Morgan fingerprint density at radius 1 is 1.41 bits per heavy atom. The van der Waals surface area contributed by atoms with Gasteiger partial charge in [0.15, 0.2) is 0 Å². The monoisotopic (exact) mass is 240 g/mol. The van der Waals surface area contributed by atoms with Gasteiger partial charge in [-0.1, -0.05) is 6.92 Å². The van der Waals surface area contributed by atoms with E-state index in [1.807, 2.05) is 6.92 Å². The number of carboxylic acids is 1. The van der Waals surface area contributed by atoms with E-state index in [1.54, 1.807) is 4.90 Å². The zero-order chi connectivity index (χ0) is 12.4. The highest BCUT2D eigenvalue weighted by Gasteiger charge is 2.37. The first-order valence-corrected chi connectivity index (χ1v) is 6.29. The Hall–Kier alpha value is -1.10. The van der Waals surface area contributed by atoms with E-state index in [0.717, 1.165) is 19.5 Å². The van der Waals surface area contributed by atoms with Crippen LogP contribution in [0.4, 0.5) is 0 Å². The van der Waals surface area contributed by atoms with Crippen LogP contribution in [0.1, 0.15) is 19.8 Å². The highest BCUT2D eigenvalue weighted by atomic mass is 16.4. The van der Waals surface area contributed by atoms with Crippen LogP contribution in [-0.2, 0) is 9.59 Å². The van der Waals surface area contributed by atoms with E-state index in [0.29, 0.717) is 25.4 Å². The van der Waals surface area contributed by atoms with Gasteiger partial charge in [-0.15, -0.1) is 0 Å². The third-order valence-electron chi connectivity index (χ3n) is 3.91. The minimum absolute atomic E-state index is 0.0677. The fraction of sp³-hybridized carbons (Fsp3) is 0.833. The summed E-state index contributed by atoms with van der Waals surface area (Å²) in [6, 6.07) is 0. The first-order chi connectivity index (χ1) is 8.08. The van der Waals surface area contributed by atoms with Crippen LogP contribution in [0.2, 0.25) is 0 Å². The van der Waals surface area contributed by atoms with E-state index in [2.05, 4.69) is 5.32 Å². The summed E-state index contributed by atoms with van der Waals surface area (Å²) in [6.45, 7) is 4.79. The molecule has 2 rings (SSSR count). The topological polar surface area (TPSA) is 69.6 Å². The second-order valence-corrected chi connectivity index (χ2v) is 5.28. The second-order valence-electron chi connectivity index (χ2n) is 5.28. The molecule has 0 aliphatic carbocycles. The molecule has 2 saturated heterocycles. The Kier molecular flexibility index (Phi) is 3.66. The first kappa shape index (κ1) is 12.4. The Morgan fingerprint density at radius 3 is 2.71 bits per heavy atom. The van der Waals surface area contributed by atoms with Crippen molar-refractivity contribution in [3.05, 3.63) is 0 Å². The number of carboxylic acid groups (broad SMARTS) is 1. The Morgan fingerprint density at radius 2 is 2.18 bits per heavy atom. The van der Waals surface area contributed by atoms with Crippen molar-refractivity contribution in [3.63, 3.8) is 0 Å². The van der Waals surface area contributed by atoms with Gasteiger partial charge in [-0.05, 0) is 31.3 Å². The van der Waals surface area contributed by atoms with Gasteiger partial charge in [-0.2, -0.15) is 0 Å². The second kappa shape index (κ2) is 5.04. The van der Waals surface area contributed by atoms with Crippen LogP contribution >= 0.6 is 0 Å².